The van der Waals surface area contributed by atoms with E-state index in [1.54, 1.807) is 12.1 Å². The van der Waals surface area contributed by atoms with Gasteiger partial charge in [-0.15, -0.1) is 0 Å². The van der Waals surface area contributed by atoms with E-state index in [9.17, 15) is 0 Å². The Morgan fingerprint density at radius 2 is 1.06 bits per heavy atom. The lowest BCUT2D eigenvalue weighted by Gasteiger charge is -2.13. The first-order valence-electron chi connectivity index (χ1n) is 17.2. The molecule has 0 atom stereocenters. The van der Waals surface area contributed by atoms with Crippen LogP contribution in [0.1, 0.15) is 65.0 Å². The van der Waals surface area contributed by atoms with E-state index in [-0.39, 0.29) is 0 Å². The molecule has 0 amide bonds. The maximum atomic E-state index is 4.28. The summed E-state index contributed by atoms with van der Waals surface area (Å²) in [7, 11) is 3.62. The molecule has 0 aliphatic heterocycles. The van der Waals surface area contributed by atoms with Crippen LogP contribution in [0.3, 0.4) is 0 Å². The molecule has 0 N–H and O–H groups in total. The smallest absolute Gasteiger partial charge is 0.153 e. The Kier molecular flexibility index (Phi) is 22.1. The molecule has 0 saturated heterocycles. The summed E-state index contributed by atoms with van der Waals surface area (Å²) in [4.78, 5) is 12.5. The van der Waals surface area contributed by atoms with Crippen molar-refractivity contribution in [2.45, 2.75) is 60.4 Å². The Labute approximate surface area is 297 Å². The molecule has 0 aromatic heterocycles. The molecule has 4 rings (SSSR count). The molecule has 0 fully saturated rings. The van der Waals surface area contributed by atoms with E-state index in [1.165, 1.54) is 35.1 Å². The minimum absolute atomic E-state index is 0.527. The minimum Gasteiger partial charge on any atom is -0.297 e. The summed E-state index contributed by atoms with van der Waals surface area (Å²) in [6.07, 6.45) is 12.0. The van der Waals surface area contributed by atoms with Crippen molar-refractivity contribution in [3.63, 3.8) is 0 Å². The fourth-order valence-electron chi connectivity index (χ4n) is 4.67. The van der Waals surface area contributed by atoms with Gasteiger partial charge in [-0.1, -0.05) is 120 Å². The van der Waals surface area contributed by atoms with Gasteiger partial charge in [0.1, 0.15) is 0 Å². The lowest BCUT2D eigenvalue weighted by molar-refractivity contribution is 0.398. The second kappa shape index (κ2) is 25.9. The summed E-state index contributed by atoms with van der Waals surface area (Å²) in [5.41, 5.74) is 8.88. The van der Waals surface area contributed by atoms with E-state index < -0.39 is 0 Å². The predicted octanol–water partition coefficient (Wildman–Crippen LogP) is 11.9. The van der Waals surface area contributed by atoms with Gasteiger partial charge in [0, 0.05) is 26.4 Å². The highest BCUT2D eigenvalue weighted by atomic mass is 15.4. The number of benzene rings is 4. The lowest BCUT2D eigenvalue weighted by atomic mass is 9.92. The molecule has 0 spiro atoms. The zero-order valence-corrected chi connectivity index (χ0v) is 30.9. The third-order valence-corrected chi connectivity index (χ3v) is 7.04. The highest BCUT2D eigenvalue weighted by Gasteiger charge is 2.11. The maximum absolute atomic E-state index is 4.28. The standard InChI is InChI=1S/C29H25N3.C7H14N2.C6H12.C2H6/c1-30-20-21-14-24(19-28(15-21)29(31-2)32-3)27-17-25(22-10-6-4-7-11-22)16-26(18-27)23-12-8-5-9-13-23;1-4-5-6-7-9(3)8-2;1-3-5-6-4-2;1-2/h4-19H,1-2,20H2,3H3;5-6H,2,4,7H2,1,3H3;5-6H,3-4H2,1-2H3;1-2H3/b;2*6-5-;. The van der Waals surface area contributed by atoms with Crippen LogP contribution < -0.4 is 0 Å². The molecule has 0 radical (unpaired) electrons. The summed E-state index contributed by atoms with van der Waals surface area (Å²) < 4.78 is 0. The summed E-state index contributed by atoms with van der Waals surface area (Å²) in [5, 5.41) is 5.48. The molecular formula is C44H57N5. The first-order valence-corrected chi connectivity index (χ1v) is 17.2. The van der Waals surface area contributed by atoms with Gasteiger partial charge in [-0.3, -0.25) is 15.0 Å². The Bertz CT molecular complexity index is 1540. The Hall–Kier alpha value is -5.16. The van der Waals surface area contributed by atoms with Crippen LogP contribution in [0.2, 0.25) is 0 Å². The van der Waals surface area contributed by atoms with Crippen LogP contribution >= 0.6 is 0 Å². The number of hydrogen-bond acceptors (Lipinski definition) is 4. The number of hydrazone groups is 1. The summed E-state index contributed by atoms with van der Waals surface area (Å²) in [6, 6.07) is 33.9. The molecule has 5 nitrogen and oxygen atoms in total. The van der Waals surface area contributed by atoms with Crippen molar-refractivity contribution in [1.29, 1.82) is 0 Å². The molecule has 0 aliphatic rings. The van der Waals surface area contributed by atoms with Crippen LogP contribution in [0.15, 0.2) is 141 Å². The summed E-state index contributed by atoms with van der Waals surface area (Å²) in [5.74, 6) is 0.611. The normalized spacial score (nSPS) is 10.6. The van der Waals surface area contributed by atoms with Crippen molar-refractivity contribution in [2.24, 2.45) is 20.1 Å². The number of aliphatic imine (C=N–C) groups is 3. The van der Waals surface area contributed by atoms with E-state index in [0.717, 1.165) is 35.2 Å². The van der Waals surface area contributed by atoms with Gasteiger partial charge in [-0.25, -0.2) is 4.99 Å². The number of rotatable bonds is 12. The highest BCUT2D eigenvalue weighted by molar-refractivity contribution is 6.02. The molecule has 4 aromatic rings. The Balaban J connectivity index is 0.000000587. The summed E-state index contributed by atoms with van der Waals surface area (Å²) in [6.45, 7) is 22.5. The van der Waals surface area contributed by atoms with E-state index in [1.807, 2.05) is 39.1 Å². The highest BCUT2D eigenvalue weighted by Crippen LogP contribution is 2.34. The number of allylic oxidation sites excluding steroid dienone is 3. The van der Waals surface area contributed by atoms with Crippen molar-refractivity contribution in [1.82, 2.24) is 5.01 Å². The largest absolute Gasteiger partial charge is 0.297 e. The average molecular weight is 656 g/mol. The second-order valence-corrected chi connectivity index (χ2v) is 10.7. The van der Waals surface area contributed by atoms with Gasteiger partial charge in [0.25, 0.3) is 0 Å². The van der Waals surface area contributed by atoms with Gasteiger partial charge >= 0.3 is 0 Å². The number of hydrogen-bond donors (Lipinski definition) is 0. The zero-order valence-electron chi connectivity index (χ0n) is 30.9. The van der Waals surface area contributed by atoms with Crippen molar-refractivity contribution in [2.75, 3.05) is 20.6 Å². The number of likely N-dealkylation sites (N-methyl/N-ethyl adjacent to an activating group) is 1. The van der Waals surface area contributed by atoms with Gasteiger partial charge in [-0.05, 0) is 108 Å². The minimum atomic E-state index is 0.527. The first kappa shape index (κ1) is 41.9. The van der Waals surface area contributed by atoms with E-state index in [0.29, 0.717) is 12.4 Å². The number of amidine groups is 1. The molecule has 0 unspecified atom stereocenters. The van der Waals surface area contributed by atoms with E-state index in [4.69, 9.17) is 0 Å². The topological polar surface area (TPSA) is 52.7 Å². The molecular weight excluding hydrogens is 599 g/mol. The molecule has 5 heteroatoms. The number of nitrogens with zero attached hydrogens (tertiary/aromatic N) is 5. The third-order valence-electron chi connectivity index (χ3n) is 7.04. The van der Waals surface area contributed by atoms with Gasteiger partial charge in [0.05, 0.1) is 13.1 Å². The Morgan fingerprint density at radius 3 is 1.47 bits per heavy atom. The lowest BCUT2D eigenvalue weighted by Crippen LogP contribution is -2.08. The van der Waals surface area contributed by atoms with Crippen molar-refractivity contribution >= 4 is 26.0 Å². The molecule has 0 bridgehead atoms. The van der Waals surface area contributed by atoms with E-state index in [2.05, 4.69) is 164 Å². The average Bonchev–Trinajstić information content (AvgIpc) is 3.16. The first-order chi connectivity index (χ1) is 23.9. The van der Waals surface area contributed by atoms with Crippen molar-refractivity contribution < 1.29 is 0 Å². The van der Waals surface area contributed by atoms with Crippen LogP contribution in [0, 0.1) is 0 Å². The van der Waals surface area contributed by atoms with Crippen molar-refractivity contribution in [3.8, 4) is 33.4 Å². The molecule has 49 heavy (non-hydrogen) atoms. The van der Waals surface area contributed by atoms with Gasteiger partial charge < -0.3 is 0 Å². The SMILES string of the molecule is C=NCc1cc(C(N=C)=NC)cc(-c2cc(-c3ccccc3)cc(-c3ccccc3)c2)c1.C=NN(C)C/C=C\CC.CC.CC/C=C\CC. The molecule has 0 saturated carbocycles. The molecule has 0 aliphatic carbocycles. The van der Waals surface area contributed by atoms with Gasteiger partial charge in [0.2, 0.25) is 0 Å². The van der Waals surface area contributed by atoms with Crippen LogP contribution in [-0.4, -0.2) is 51.6 Å². The second-order valence-electron chi connectivity index (χ2n) is 10.7. The van der Waals surface area contributed by atoms with Crippen LogP contribution in [0.5, 0.6) is 0 Å². The fraction of sp³-hybridized carbons (Fsp3) is 0.273. The van der Waals surface area contributed by atoms with Gasteiger partial charge in [-0.2, -0.15) is 5.10 Å². The fourth-order valence-corrected chi connectivity index (χ4v) is 4.67. The monoisotopic (exact) mass is 655 g/mol. The summed E-state index contributed by atoms with van der Waals surface area (Å²) >= 11 is 0. The molecule has 4 aromatic carbocycles. The van der Waals surface area contributed by atoms with Crippen LogP contribution in [0.4, 0.5) is 0 Å². The van der Waals surface area contributed by atoms with Crippen LogP contribution in [-0.2, 0) is 6.54 Å². The van der Waals surface area contributed by atoms with Gasteiger partial charge in [0.15, 0.2) is 5.84 Å². The quantitative estimate of drug-likeness (QED) is 0.0648. The predicted molar refractivity (Wildman–Crippen MR) is 221 cm³/mol. The zero-order chi connectivity index (χ0) is 36.3. The molecule has 258 valence electrons. The molecule has 0 heterocycles. The third kappa shape index (κ3) is 15.5. The maximum Gasteiger partial charge on any atom is 0.153 e. The van der Waals surface area contributed by atoms with E-state index >= 15 is 0 Å². The van der Waals surface area contributed by atoms with Crippen LogP contribution in [0.25, 0.3) is 33.4 Å². The van der Waals surface area contributed by atoms with Crippen molar-refractivity contribution in [3.05, 3.63) is 132 Å². The Morgan fingerprint density at radius 1 is 0.612 bits per heavy atom.